The van der Waals surface area contributed by atoms with Crippen LogP contribution < -0.4 is 10.0 Å². The summed E-state index contributed by atoms with van der Waals surface area (Å²) in [7, 11) is -3.34. The van der Waals surface area contributed by atoms with E-state index in [4.69, 9.17) is 0 Å². The maximum absolute atomic E-state index is 13.2. The Balaban J connectivity index is 2.54. The highest BCUT2D eigenvalue weighted by Crippen LogP contribution is 2.10. The van der Waals surface area contributed by atoms with Crippen molar-refractivity contribution in [3.63, 3.8) is 0 Å². The van der Waals surface area contributed by atoms with Gasteiger partial charge in [0.05, 0.1) is 11.8 Å². The molecule has 0 radical (unpaired) electrons. The topological polar surface area (TPSA) is 75.3 Å². The molecule has 0 saturated carbocycles. The van der Waals surface area contributed by atoms with E-state index in [0.29, 0.717) is 0 Å². The van der Waals surface area contributed by atoms with Gasteiger partial charge >= 0.3 is 0 Å². The number of carbonyl (C=O) groups is 1. The molecule has 1 aromatic carbocycles. The van der Waals surface area contributed by atoms with Crippen molar-refractivity contribution in [1.29, 1.82) is 0 Å². The second-order valence-corrected chi connectivity index (χ2v) is 5.36. The molecule has 0 spiro atoms. The molecule has 2 N–H and O–H groups in total. The molecule has 1 rings (SSSR count). The molecule has 0 aliphatic rings. The van der Waals surface area contributed by atoms with Crippen LogP contribution >= 0.6 is 0 Å². The highest BCUT2D eigenvalue weighted by atomic mass is 32.2. The van der Waals surface area contributed by atoms with Gasteiger partial charge in [-0.1, -0.05) is 6.07 Å². The number of hydrogen-bond donors (Lipinski definition) is 2. The number of halogens is 2. The number of carbonyl (C=O) groups excluding carboxylic acids is 1. The first-order valence-corrected chi connectivity index (χ1v) is 6.87. The average molecular weight is 278 g/mol. The second kappa shape index (κ2) is 5.87. The highest BCUT2D eigenvalue weighted by Gasteiger charge is 2.14. The van der Waals surface area contributed by atoms with Gasteiger partial charge in [0.2, 0.25) is 10.0 Å². The van der Waals surface area contributed by atoms with Crippen LogP contribution in [-0.2, 0) is 10.0 Å². The van der Waals surface area contributed by atoms with Gasteiger partial charge in [-0.3, -0.25) is 4.79 Å². The van der Waals surface area contributed by atoms with E-state index in [1.54, 1.807) is 0 Å². The monoisotopic (exact) mass is 278 g/mol. The molecule has 0 fully saturated rings. The summed E-state index contributed by atoms with van der Waals surface area (Å²) >= 11 is 0. The highest BCUT2D eigenvalue weighted by molar-refractivity contribution is 7.88. The Morgan fingerprint density at radius 2 is 1.94 bits per heavy atom. The molecule has 0 unspecified atom stereocenters. The maximum atomic E-state index is 13.2. The molecule has 1 amide bonds. The van der Waals surface area contributed by atoms with Crippen LogP contribution in [0.25, 0.3) is 0 Å². The number of rotatable bonds is 5. The van der Waals surface area contributed by atoms with E-state index in [2.05, 4.69) is 10.0 Å². The maximum Gasteiger partial charge on any atom is 0.254 e. The minimum Gasteiger partial charge on any atom is -0.351 e. The minimum absolute atomic E-state index is 0.0259. The molecule has 0 saturated heterocycles. The fraction of sp³-hybridized carbons (Fsp3) is 0.300. The number of amides is 1. The summed E-state index contributed by atoms with van der Waals surface area (Å²) in [6.45, 7) is -0.0522. The van der Waals surface area contributed by atoms with Crippen molar-refractivity contribution in [2.24, 2.45) is 0 Å². The Morgan fingerprint density at radius 1 is 1.28 bits per heavy atom. The Labute approximate surface area is 103 Å². The molecular formula is C10H12F2N2O3S. The van der Waals surface area contributed by atoms with Crippen molar-refractivity contribution in [2.45, 2.75) is 0 Å². The standard InChI is InChI=1S/C10H12F2N2O3S/c1-18(16,17)14-6-5-13-10(15)7-3-2-4-8(11)9(7)12/h2-4,14H,5-6H2,1H3,(H,13,15). The van der Waals surface area contributed by atoms with E-state index in [0.717, 1.165) is 18.4 Å². The Hall–Kier alpha value is -1.54. The predicted molar refractivity (Wildman–Crippen MR) is 61.5 cm³/mol. The molecule has 0 aliphatic carbocycles. The van der Waals surface area contributed by atoms with Crippen molar-refractivity contribution in [3.8, 4) is 0 Å². The van der Waals surface area contributed by atoms with Crippen LogP contribution in [0.5, 0.6) is 0 Å². The van der Waals surface area contributed by atoms with Gasteiger partial charge in [-0.05, 0) is 12.1 Å². The van der Waals surface area contributed by atoms with Crippen LogP contribution in [0.15, 0.2) is 18.2 Å². The Bertz CT molecular complexity index is 546. The molecule has 100 valence electrons. The lowest BCUT2D eigenvalue weighted by molar-refractivity contribution is 0.0949. The summed E-state index contributed by atoms with van der Waals surface area (Å²) in [5.41, 5.74) is -0.422. The zero-order valence-corrected chi connectivity index (χ0v) is 10.4. The SMILES string of the molecule is CS(=O)(=O)NCCNC(=O)c1cccc(F)c1F. The summed E-state index contributed by atoms with van der Waals surface area (Å²) in [5.74, 6) is -3.15. The third-order valence-electron chi connectivity index (χ3n) is 1.97. The van der Waals surface area contributed by atoms with Crippen LogP contribution in [0.3, 0.4) is 0 Å². The van der Waals surface area contributed by atoms with Crippen LogP contribution in [0.1, 0.15) is 10.4 Å². The quantitative estimate of drug-likeness (QED) is 0.758. The van der Waals surface area contributed by atoms with E-state index in [-0.39, 0.29) is 13.1 Å². The normalized spacial score (nSPS) is 11.3. The van der Waals surface area contributed by atoms with Crippen molar-refractivity contribution in [1.82, 2.24) is 10.0 Å². The zero-order chi connectivity index (χ0) is 13.8. The molecule has 0 aliphatic heterocycles. The number of sulfonamides is 1. The lowest BCUT2D eigenvalue weighted by Crippen LogP contribution is -2.34. The van der Waals surface area contributed by atoms with Gasteiger partial charge in [0.25, 0.3) is 5.91 Å². The molecule has 0 bridgehead atoms. The van der Waals surface area contributed by atoms with Crippen molar-refractivity contribution in [3.05, 3.63) is 35.4 Å². The van der Waals surface area contributed by atoms with Gasteiger partial charge in [-0.2, -0.15) is 0 Å². The van der Waals surface area contributed by atoms with Crippen molar-refractivity contribution in [2.75, 3.05) is 19.3 Å². The molecule has 0 heterocycles. The first-order valence-electron chi connectivity index (χ1n) is 4.98. The second-order valence-electron chi connectivity index (χ2n) is 3.52. The number of nitrogens with one attached hydrogen (secondary N) is 2. The average Bonchev–Trinajstić information content (AvgIpc) is 2.26. The van der Waals surface area contributed by atoms with E-state index in [1.807, 2.05) is 0 Å². The molecule has 0 aromatic heterocycles. The smallest absolute Gasteiger partial charge is 0.254 e. The van der Waals surface area contributed by atoms with E-state index >= 15 is 0 Å². The number of benzene rings is 1. The lowest BCUT2D eigenvalue weighted by Gasteiger charge is -2.06. The van der Waals surface area contributed by atoms with E-state index in [9.17, 15) is 22.0 Å². The van der Waals surface area contributed by atoms with Gasteiger partial charge in [-0.15, -0.1) is 0 Å². The molecular weight excluding hydrogens is 266 g/mol. The largest absolute Gasteiger partial charge is 0.351 e. The lowest BCUT2D eigenvalue weighted by atomic mass is 10.2. The van der Waals surface area contributed by atoms with Gasteiger partial charge < -0.3 is 5.32 Å². The van der Waals surface area contributed by atoms with Crippen LogP contribution in [-0.4, -0.2) is 33.7 Å². The molecule has 5 nitrogen and oxygen atoms in total. The van der Waals surface area contributed by atoms with Gasteiger partial charge in [0.15, 0.2) is 11.6 Å². The Morgan fingerprint density at radius 3 is 2.56 bits per heavy atom. The predicted octanol–water partition coefficient (Wildman–Crippen LogP) is 0.244. The molecule has 18 heavy (non-hydrogen) atoms. The molecule has 0 atom stereocenters. The fourth-order valence-corrected chi connectivity index (χ4v) is 1.66. The fourth-order valence-electron chi connectivity index (χ4n) is 1.19. The van der Waals surface area contributed by atoms with Gasteiger partial charge in [0.1, 0.15) is 0 Å². The third-order valence-corrected chi connectivity index (χ3v) is 2.70. The van der Waals surface area contributed by atoms with Crippen LogP contribution in [0.2, 0.25) is 0 Å². The van der Waals surface area contributed by atoms with Crippen LogP contribution in [0, 0.1) is 11.6 Å². The van der Waals surface area contributed by atoms with Gasteiger partial charge in [-0.25, -0.2) is 21.9 Å². The Kier molecular flexibility index (Phi) is 4.74. The first kappa shape index (κ1) is 14.5. The summed E-state index contributed by atoms with van der Waals surface area (Å²) in [6, 6.07) is 3.25. The summed E-state index contributed by atoms with van der Waals surface area (Å²) < 4.78 is 49.6. The van der Waals surface area contributed by atoms with Crippen molar-refractivity contribution < 1.29 is 22.0 Å². The summed E-state index contributed by atoms with van der Waals surface area (Å²) in [4.78, 5) is 11.4. The van der Waals surface area contributed by atoms with Crippen LogP contribution in [0.4, 0.5) is 8.78 Å². The third kappa shape index (κ3) is 4.38. The van der Waals surface area contributed by atoms with E-state index < -0.39 is 33.1 Å². The molecule has 8 heteroatoms. The first-order chi connectivity index (χ1) is 8.31. The van der Waals surface area contributed by atoms with Gasteiger partial charge in [0, 0.05) is 13.1 Å². The van der Waals surface area contributed by atoms with E-state index in [1.165, 1.54) is 6.07 Å². The minimum atomic E-state index is -3.34. The summed E-state index contributed by atoms with van der Waals surface area (Å²) in [6.07, 6.45) is 0.973. The summed E-state index contributed by atoms with van der Waals surface area (Å²) in [5, 5.41) is 2.27. The zero-order valence-electron chi connectivity index (χ0n) is 9.54. The van der Waals surface area contributed by atoms with Crippen molar-refractivity contribution >= 4 is 15.9 Å². The number of hydrogen-bond acceptors (Lipinski definition) is 3. The molecule has 1 aromatic rings.